The van der Waals surface area contributed by atoms with Gasteiger partial charge in [0, 0.05) is 30.8 Å². The monoisotopic (exact) mass is 401 g/mol. The number of alkyl halides is 2. The highest BCUT2D eigenvalue weighted by Gasteiger charge is 2.36. The predicted octanol–water partition coefficient (Wildman–Crippen LogP) is 2.92. The Morgan fingerprint density at radius 3 is 2.93 bits per heavy atom. The van der Waals surface area contributed by atoms with Crippen LogP contribution in [0.15, 0.2) is 55.1 Å². The van der Waals surface area contributed by atoms with Crippen LogP contribution in [-0.4, -0.2) is 31.8 Å². The standard InChI is InChI=1S/C20H21F2N5O2/c21-20(22)27-8-7-23-17(27)11-24-19(28)16-6-9-29-18(16)15-10-25-26(13-15)12-14-4-2-1-3-5-14/h1-5,7-8,10,13,16,18,20H,6,9,11-12H2,(H,24,28)/t16-,18+/m0/s1. The Hall–Kier alpha value is -3.07. The fourth-order valence-corrected chi connectivity index (χ4v) is 3.53. The molecule has 0 unspecified atom stereocenters. The molecule has 4 rings (SSSR count). The molecule has 1 aliphatic heterocycles. The van der Waals surface area contributed by atoms with E-state index < -0.39 is 18.6 Å². The molecule has 0 bridgehead atoms. The maximum absolute atomic E-state index is 12.9. The van der Waals surface area contributed by atoms with E-state index in [1.54, 1.807) is 10.9 Å². The Labute approximate surface area is 166 Å². The number of hydrogen-bond donors (Lipinski definition) is 1. The van der Waals surface area contributed by atoms with Crippen LogP contribution >= 0.6 is 0 Å². The summed E-state index contributed by atoms with van der Waals surface area (Å²) in [5, 5.41) is 7.08. The Morgan fingerprint density at radius 2 is 2.14 bits per heavy atom. The lowest BCUT2D eigenvalue weighted by atomic mass is 9.96. The average molecular weight is 401 g/mol. The second-order valence-corrected chi connectivity index (χ2v) is 6.89. The summed E-state index contributed by atoms with van der Waals surface area (Å²) in [4.78, 5) is 16.5. The number of nitrogens with one attached hydrogen (secondary N) is 1. The van der Waals surface area contributed by atoms with E-state index in [0.717, 1.165) is 15.7 Å². The largest absolute Gasteiger partial charge is 0.373 e. The number of imidazole rings is 1. The second-order valence-electron chi connectivity index (χ2n) is 6.89. The SMILES string of the molecule is O=C(NCc1nccn1C(F)F)[C@H]1CCO[C@@H]1c1cnn(Cc2ccccc2)c1. The van der Waals surface area contributed by atoms with Gasteiger partial charge in [-0.05, 0) is 12.0 Å². The minimum Gasteiger partial charge on any atom is -0.373 e. The molecule has 2 aromatic heterocycles. The lowest BCUT2D eigenvalue weighted by Gasteiger charge is -2.17. The summed E-state index contributed by atoms with van der Waals surface area (Å²) in [6.07, 6.45) is 6.22. The van der Waals surface area contributed by atoms with Crippen molar-refractivity contribution in [2.24, 2.45) is 5.92 Å². The van der Waals surface area contributed by atoms with Gasteiger partial charge >= 0.3 is 6.55 Å². The van der Waals surface area contributed by atoms with Crippen LogP contribution < -0.4 is 5.32 Å². The lowest BCUT2D eigenvalue weighted by molar-refractivity contribution is -0.127. The second kappa shape index (κ2) is 8.52. The first kappa shape index (κ1) is 19.3. The molecule has 2 atom stereocenters. The van der Waals surface area contributed by atoms with Gasteiger partial charge in [0.05, 0.1) is 31.3 Å². The van der Waals surface area contributed by atoms with Gasteiger partial charge in [-0.15, -0.1) is 0 Å². The zero-order valence-electron chi connectivity index (χ0n) is 15.6. The summed E-state index contributed by atoms with van der Waals surface area (Å²) in [6.45, 7) is -1.67. The first-order chi connectivity index (χ1) is 14.1. The van der Waals surface area contributed by atoms with Crippen molar-refractivity contribution >= 4 is 5.91 Å². The third kappa shape index (κ3) is 4.34. The highest BCUT2D eigenvalue weighted by atomic mass is 19.3. The fraction of sp³-hybridized carbons (Fsp3) is 0.350. The molecule has 0 aliphatic carbocycles. The van der Waals surface area contributed by atoms with Gasteiger partial charge in [-0.2, -0.15) is 13.9 Å². The Bertz CT molecular complexity index is 957. The number of aromatic nitrogens is 4. The van der Waals surface area contributed by atoms with E-state index in [2.05, 4.69) is 15.4 Å². The Morgan fingerprint density at radius 1 is 1.31 bits per heavy atom. The number of carbonyl (C=O) groups excluding carboxylic acids is 1. The van der Waals surface area contributed by atoms with Crippen LogP contribution in [0.3, 0.4) is 0 Å². The van der Waals surface area contributed by atoms with Crippen molar-refractivity contribution in [1.82, 2.24) is 24.6 Å². The highest BCUT2D eigenvalue weighted by molar-refractivity contribution is 5.79. The van der Waals surface area contributed by atoms with Gasteiger partial charge < -0.3 is 10.1 Å². The number of rotatable bonds is 7. The van der Waals surface area contributed by atoms with E-state index in [4.69, 9.17) is 4.74 Å². The highest BCUT2D eigenvalue weighted by Crippen LogP contribution is 2.34. The van der Waals surface area contributed by atoms with Crippen molar-refractivity contribution < 1.29 is 18.3 Å². The molecule has 1 saturated heterocycles. The van der Waals surface area contributed by atoms with Gasteiger partial charge in [0.15, 0.2) is 0 Å². The number of benzene rings is 1. The molecule has 1 fully saturated rings. The average Bonchev–Trinajstić information content (AvgIpc) is 3.46. The van der Waals surface area contributed by atoms with Crippen LogP contribution in [0.1, 0.15) is 36.0 Å². The van der Waals surface area contributed by atoms with Crippen LogP contribution in [0.25, 0.3) is 0 Å². The summed E-state index contributed by atoms with van der Waals surface area (Å²) in [6, 6.07) is 9.94. The smallest absolute Gasteiger partial charge is 0.319 e. The minimum atomic E-state index is -2.69. The Kier molecular flexibility index (Phi) is 5.66. The maximum atomic E-state index is 12.9. The summed E-state index contributed by atoms with van der Waals surface area (Å²) in [5.41, 5.74) is 1.95. The van der Waals surface area contributed by atoms with Crippen molar-refractivity contribution in [2.75, 3.05) is 6.61 Å². The Balaban J connectivity index is 1.40. The first-order valence-corrected chi connectivity index (χ1v) is 9.37. The zero-order valence-corrected chi connectivity index (χ0v) is 15.6. The number of ether oxygens (including phenoxy) is 1. The molecule has 0 radical (unpaired) electrons. The molecule has 1 aromatic carbocycles. The quantitative estimate of drug-likeness (QED) is 0.661. The molecule has 29 heavy (non-hydrogen) atoms. The van der Waals surface area contributed by atoms with Gasteiger partial charge in [-0.25, -0.2) is 4.98 Å². The van der Waals surface area contributed by atoms with Crippen molar-refractivity contribution in [3.05, 3.63) is 72.1 Å². The van der Waals surface area contributed by atoms with Crippen LogP contribution in [0.4, 0.5) is 8.78 Å². The zero-order chi connectivity index (χ0) is 20.2. The van der Waals surface area contributed by atoms with E-state index in [0.29, 0.717) is 19.6 Å². The number of hydrogen-bond acceptors (Lipinski definition) is 4. The minimum absolute atomic E-state index is 0.0628. The topological polar surface area (TPSA) is 74.0 Å². The molecule has 1 aliphatic rings. The van der Waals surface area contributed by atoms with Crippen LogP contribution in [0, 0.1) is 5.92 Å². The van der Waals surface area contributed by atoms with Crippen molar-refractivity contribution in [3.63, 3.8) is 0 Å². The molecule has 9 heteroatoms. The normalized spacial score (nSPS) is 19.0. The molecule has 3 heterocycles. The molecular weight excluding hydrogens is 380 g/mol. The van der Waals surface area contributed by atoms with Gasteiger partial charge in [-0.3, -0.25) is 14.0 Å². The predicted molar refractivity (Wildman–Crippen MR) is 99.9 cm³/mol. The van der Waals surface area contributed by atoms with E-state index >= 15 is 0 Å². The van der Waals surface area contributed by atoms with Gasteiger partial charge in [0.1, 0.15) is 5.82 Å². The van der Waals surface area contributed by atoms with Gasteiger partial charge in [0.25, 0.3) is 0 Å². The summed E-state index contributed by atoms with van der Waals surface area (Å²) < 4.78 is 34.1. The number of halogens is 2. The molecule has 3 aromatic rings. The molecule has 0 spiro atoms. The van der Waals surface area contributed by atoms with Gasteiger partial charge in [0.2, 0.25) is 5.91 Å². The van der Waals surface area contributed by atoms with Crippen molar-refractivity contribution in [3.8, 4) is 0 Å². The molecule has 0 saturated carbocycles. The third-order valence-electron chi connectivity index (χ3n) is 4.98. The first-order valence-electron chi connectivity index (χ1n) is 9.37. The third-order valence-corrected chi connectivity index (χ3v) is 4.98. The summed E-state index contributed by atoms with van der Waals surface area (Å²) in [7, 11) is 0. The summed E-state index contributed by atoms with van der Waals surface area (Å²) in [5.74, 6) is -0.536. The van der Waals surface area contributed by atoms with Crippen molar-refractivity contribution in [2.45, 2.75) is 32.2 Å². The van der Waals surface area contributed by atoms with E-state index in [9.17, 15) is 13.6 Å². The summed E-state index contributed by atoms with van der Waals surface area (Å²) >= 11 is 0. The van der Waals surface area contributed by atoms with Crippen LogP contribution in [0.2, 0.25) is 0 Å². The van der Waals surface area contributed by atoms with E-state index in [-0.39, 0.29) is 18.3 Å². The molecule has 7 nitrogen and oxygen atoms in total. The fourth-order valence-electron chi connectivity index (χ4n) is 3.53. The number of nitrogens with zero attached hydrogens (tertiary/aromatic N) is 4. The molecule has 1 amide bonds. The molecule has 1 N–H and O–H groups in total. The number of carbonyl (C=O) groups is 1. The van der Waals surface area contributed by atoms with Gasteiger partial charge in [-0.1, -0.05) is 30.3 Å². The van der Waals surface area contributed by atoms with Crippen LogP contribution in [-0.2, 0) is 22.6 Å². The lowest BCUT2D eigenvalue weighted by Crippen LogP contribution is -2.32. The van der Waals surface area contributed by atoms with Crippen LogP contribution in [0.5, 0.6) is 0 Å². The van der Waals surface area contributed by atoms with E-state index in [1.807, 2.05) is 36.5 Å². The molecular formula is C20H21F2N5O2. The number of amides is 1. The van der Waals surface area contributed by atoms with Crippen molar-refractivity contribution in [1.29, 1.82) is 0 Å². The molecule has 152 valence electrons. The maximum Gasteiger partial charge on any atom is 0.319 e. The van der Waals surface area contributed by atoms with E-state index in [1.165, 1.54) is 12.4 Å².